The molecule has 0 unspecified atom stereocenters. The van der Waals surface area contributed by atoms with Gasteiger partial charge in [-0.05, 0) is 102 Å². The molecule has 298 valence electrons. The zero-order chi connectivity index (χ0) is 42.3. The van der Waals surface area contributed by atoms with Gasteiger partial charge in [-0.3, -0.25) is 0 Å². The molecule has 0 saturated carbocycles. The van der Waals surface area contributed by atoms with E-state index in [1.54, 1.807) is 0 Å². The van der Waals surface area contributed by atoms with Crippen molar-refractivity contribution in [3.8, 4) is 101 Å². The van der Waals surface area contributed by atoms with Gasteiger partial charge in [-0.25, -0.2) is 9.97 Å². The molecule has 1 aromatic heterocycles. The second kappa shape index (κ2) is 15.8. The van der Waals surface area contributed by atoms with Crippen molar-refractivity contribution >= 4 is 0 Å². The molecule has 0 atom stereocenters. The van der Waals surface area contributed by atoms with Crippen LogP contribution in [0.2, 0.25) is 0 Å². The molecule has 0 bridgehead atoms. The van der Waals surface area contributed by atoms with Gasteiger partial charge in [0.15, 0.2) is 5.82 Å². The van der Waals surface area contributed by atoms with Gasteiger partial charge in [-0.1, -0.05) is 220 Å². The minimum Gasteiger partial charge on any atom is -0.228 e. The number of aromatic nitrogens is 2. The maximum Gasteiger partial charge on any atom is 0.160 e. The molecule has 9 aromatic carbocycles. The van der Waals surface area contributed by atoms with Crippen LogP contribution >= 0.6 is 0 Å². The molecule has 0 radical (unpaired) electrons. The van der Waals surface area contributed by atoms with Crippen LogP contribution in [0.4, 0.5) is 0 Å². The first-order valence-electron chi connectivity index (χ1n) is 21.7. The summed E-state index contributed by atoms with van der Waals surface area (Å²) in [4.78, 5) is 10.8. The van der Waals surface area contributed by atoms with Crippen LogP contribution < -0.4 is 0 Å². The summed E-state index contributed by atoms with van der Waals surface area (Å²) in [5, 5.41) is 0. The van der Waals surface area contributed by atoms with Crippen molar-refractivity contribution in [1.29, 1.82) is 0 Å². The topological polar surface area (TPSA) is 25.8 Å². The molecule has 2 nitrogen and oxygen atoms in total. The average Bonchev–Trinajstić information content (AvgIpc) is 3.59. The van der Waals surface area contributed by atoms with Crippen molar-refractivity contribution in [2.75, 3.05) is 0 Å². The Morgan fingerprint density at radius 3 is 1.29 bits per heavy atom. The molecule has 0 fully saturated rings. The monoisotopic (exact) mass is 804 g/mol. The molecular weight excluding hydrogens is 761 g/mol. The second-order valence-corrected chi connectivity index (χ2v) is 17.0. The van der Waals surface area contributed by atoms with Crippen LogP contribution in [-0.4, -0.2) is 9.97 Å². The summed E-state index contributed by atoms with van der Waals surface area (Å²) in [5.41, 5.74) is 21.5. The highest BCUT2D eigenvalue weighted by molar-refractivity contribution is 5.99. The van der Waals surface area contributed by atoms with Crippen LogP contribution in [-0.2, 0) is 5.41 Å². The van der Waals surface area contributed by atoms with Crippen LogP contribution in [0.1, 0.15) is 25.0 Å². The zero-order valence-corrected chi connectivity index (χ0v) is 35.3. The summed E-state index contributed by atoms with van der Waals surface area (Å²) in [6, 6.07) is 82.8. The largest absolute Gasteiger partial charge is 0.228 e. The van der Waals surface area contributed by atoms with Crippen LogP contribution in [0.3, 0.4) is 0 Å². The maximum atomic E-state index is 5.52. The first-order valence-corrected chi connectivity index (χ1v) is 21.7. The third kappa shape index (κ3) is 7.06. The second-order valence-electron chi connectivity index (χ2n) is 17.0. The lowest BCUT2D eigenvalue weighted by atomic mass is 9.81. The molecule has 11 rings (SSSR count). The highest BCUT2D eigenvalue weighted by Gasteiger charge is 2.35. The molecule has 0 aliphatic heterocycles. The Morgan fingerprint density at radius 1 is 0.270 bits per heavy atom. The van der Waals surface area contributed by atoms with E-state index in [-0.39, 0.29) is 5.41 Å². The molecule has 10 aromatic rings. The summed E-state index contributed by atoms with van der Waals surface area (Å²) in [6.45, 7) is 4.69. The number of fused-ring (bicyclic) bond motifs is 3. The van der Waals surface area contributed by atoms with Gasteiger partial charge < -0.3 is 0 Å². The molecule has 1 heterocycles. The van der Waals surface area contributed by atoms with Gasteiger partial charge in [0.25, 0.3) is 0 Å². The molecule has 1 aliphatic carbocycles. The fraction of sp³-hybridized carbons (Fsp3) is 0.0492. The number of hydrogen-bond acceptors (Lipinski definition) is 2. The fourth-order valence-corrected chi connectivity index (χ4v) is 9.44. The SMILES string of the molecule is CC1(C)c2ccccc2-c2cc(-c3cc(-c4ccccc4)cc(-c4cc(-c5ccc(-c6ccccc6)cc5)nc(-c5ccc(-c6ccccc6)cc5)n4)c3-c3ccccc3)ccc21. The standard InChI is InChI=1S/C61H44N2/c1-61(2)55-26-16-15-25-51(55)53-37-49(35-36-56(53)61)52-38-50(43-21-11-5-12-22-43)39-54(59(52)47-23-13-6-14-24-47)58-40-57(46-31-27-44(28-32-46)41-17-7-3-8-18-41)62-60(63-58)48-33-29-45(30-34-48)42-19-9-4-10-20-42/h3-40H,1-2H3. The number of nitrogens with zero attached hydrogens (tertiary/aromatic N) is 2. The summed E-state index contributed by atoms with van der Waals surface area (Å²) in [6.07, 6.45) is 0. The van der Waals surface area contributed by atoms with Gasteiger partial charge in [0.2, 0.25) is 0 Å². The van der Waals surface area contributed by atoms with E-state index in [0.717, 1.165) is 67.0 Å². The number of hydrogen-bond donors (Lipinski definition) is 0. The van der Waals surface area contributed by atoms with E-state index in [0.29, 0.717) is 5.82 Å². The maximum absolute atomic E-state index is 5.52. The Balaban J connectivity index is 1.16. The van der Waals surface area contributed by atoms with E-state index in [2.05, 4.69) is 244 Å². The van der Waals surface area contributed by atoms with Crippen LogP contribution in [0.25, 0.3) is 101 Å². The van der Waals surface area contributed by atoms with Gasteiger partial charge in [0.1, 0.15) is 0 Å². The number of rotatable bonds is 8. The smallest absolute Gasteiger partial charge is 0.160 e. The molecule has 0 saturated heterocycles. The Labute approximate surface area is 369 Å². The Hall–Kier alpha value is -7.94. The van der Waals surface area contributed by atoms with E-state index in [1.165, 1.54) is 38.9 Å². The van der Waals surface area contributed by atoms with Crippen molar-refractivity contribution in [1.82, 2.24) is 9.97 Å². The third-order valence-corrected chi connectivity index (χ3v) is 12.7. The van der Waals surface area contributed by atoms with Gasteiger partial charge in [0.05, 0.1) is 11.4 Å². The first-order chi connectivity index (χ1) is 31.0. The van der Waals surface area contributed by atoms with Crippen LogP contribution in [0.5, 0.6) is 0 Å². The molecule has 0 amide bonds. The number of benzene rings is 9. The van der Waals surface area contributed by atoms with Gasteiger partial charge in [0, 0.05) is 22.1 Å². The van der Waals surface area contributed by atoms with Crippen molar-refractivity contribution in [3.05, 3.63) is 242 Å². The lowest BCUT2D eigenvalue weighted by Gasteiger charge is -2.22. The van der Waals surface area contributed by atoms with Gasteiger partial charge in [-0.15, -0.1) is 0 Å². The average molecular weight is 805 g/mol. The van der Waals surface area contributed by atoms with E-state index in [9.17, 15) is 0 Å². The van der Waals surface area contributed by atoms with Crippen molar-refractivity contribution in [2.24, 2.45) is 0 Å². The minimum atomic E-state index is -0.0872. The third-order valence-electron chi connectivity index (χ3n) is 12.7. The highest BCUT2D eigenvalue weighted by Crippen LogP contribution is 2.51. The normalized spacial score (nSPS) is 12.4. The van der Waals surface area contributed by atoms with E-state index in [1.807, 2.05) is 0 Å². The molecule has 0 N–H and O–H groups in total. The highest BCUT2D eigenvalue weighted by atomic mass is 14.9. The van der Waals surface area contributed by atoms with E-state index in [4.69, 9.17) is 9.97 Å². The van der Waals surface area contributed by atoms with E-state index < -0.39 is 0 Å². The predicted octanol–water partition coefficient (Wildman–Crippen LogP) is 16.1. The predicted molar refractivity (Wildman–Crippen MR) is 263 cm³/mol. The van der Waals surface area contributed by atoms with Gasteiger partial charge in [-0.2, -0.15) is 0 Å². The lowest BCUT2D eigenvalue weighted by molar-refractivity contribution is 0.660. The molecular formula is C61H44N2. The Bertz CT molecular complexity index is 3140. The van der Waals surface area contributed by atoms with Crippen LogP contribution in [0, 0.1) is 0 Å². The minimum absolute atomic E-state index is 0.0872. The first kappa shape index (κ1) is 38.0. The quantitative estimate of drug-likeness (QED) is 0.153. The Morgan fingerprint density at radius 2 is 0.683 bits per heavy atom. The van der Waals surface area contributed by atoms with Crippen LogP contribution in [0.15, 0.2) is 231 Å². The van der Waals surface area contributed by atoms with E-state index >= 15 is 0 Å². The fourth-order valence-electron chi connectivity index (χ4n) is 9.44. The molecule has 1 aliphatic rings. The summed E-state index contributed by atoms with van der Waals surface area (Å²) in [5.74, 6) is 0.677. The summed E-state index contributed by atoms with van der Waals surface area (Å²) < 4.78 is 0. The summed E-state index contributed by atoms with van der Waals surface area (Å²) in [7, 11) is 0. The summed E-state index contributed by atoms with van der Waals surface area (Å²) >= 11 is 0. The van der Waals surface area contributed by atoms with Crippen molar-refractivity contribution in [2.45, 2.75) is 19.3 Å². The molecule has 63 heavy (non-hydrogen) atoms. The van der Waals surface area contributed by atoms with Crippen molar-refractivity contribution in [3.63, 3.8) is 0 Å². The molecule has 0 spiro atoms. The molecule has 2 heteroatoms. The zero-order valence-electron chi connectivity index (χ0n) is 35.3. The van der Waals surface area contributed by atoms with Crippen molar-refractivity contribution < 1.29 is 0 Å². The lowest BCUT2D eigenvalue weighted by Crippen LogP contribution is -2.14. The van der Waals surface area contributed by atoms with Gasteiger partial charge >= 0.3 is 0 Å². The Kier molecular flexibility index (Phi) is 9.55.